The number of nitrogens with zero attached hydrogens (tertiary/aromatic N) is 2. The van der Waals surface area contributed by atoms with Gasteiger partial charge in [0.1, 0.15) is 0 Å². The molecule has 3 rings (SSSR count). The average molecular weight is 383 g/mol. The highest BCUT2D eigenvalue weighted by atomic mass is 32.1. The predicted octanol–water partition coefficient (Wildman–Crippen LogP) is 3.32. The van der Waals surface area contributed by atoms with Crippen molar-refractivity contribution in [3.63, 3.8) is 0 Å². The molecule has 142 valence electrons. The molecule has 27 heavy (non-hydrogen) atoms. The van der Waals surface area contributed by atoms with Gasteiger partial charge in [-0.15, -0.1) is 0 Å². The van der Waals surface area contributed by atoms with E-state index in [0.717, 1.165) is 38.6 Å². The van der Waals surface area contributed by atoms with Gasteiger partial charge < -0.3 is 4.90 Å². The molecular formula is C22H28N3OS+. The Morgan fingerprint density at radius 1 is 1.04 bits per heavy atom. The molecule has 0 aliphatic heterocycles. The first kappa shape index (κ1) is 19.5. The van der Waals surface area contributed by atoms with Crippen LogP contribution in [0.3, 0.4) is 0 Å². The number of carbonyl (C=O) groups is 1. The van der Waals surface area contributed by atoms with Gasteiger partial charge in [-0.2, -0.15) is 0 Å². The fraction of sp³-hybridized carbons (Fsp3) is 0.364. The van der Waals surface area contributed by atoms with E-state index >= 15 is 0 Å². The van der Waals surface area contributed by atoms with Crippen LogP contribution in [0.4, 0.5) is 5.13 Å². The summed E-state index contributed by atoms with van der Waals surface area (Å²) in [5, 5.41) is 0.781. The van der Waals surface area contributed by atoms with Crippen molar-refractivity contribution in [2.75, 3.05) is 32.1 Å². The molecule has 1 aromatic heterocycles. The number of likely N-dealkylation sites (N-methyl/N-ethyl adjacent to an activating group) is 1. The van der Waals surface area contributed by atoms with E-state index < -0.39 is 0 Å². The van der Waals surface area contributed by atoms with Crippen LogP contribution in [-0.2, 0) is 0 Å². The molecule has 4 nitrogen and oxygen atoms in total. The molecule has 0 radical (unpaired) electrons. The first-order valence-electron chi connectivity index (χ1n) is 9.32. The van der Waals surface area contributed by atoms with Crippen molar-refractivity contribution in [3.05, 3.63) is 58.1 Å². The Morgan fingerprint density at radius 2 is 1.78 bits per heavy atom. The number of hydrogen-bond donors (Lipinski definition) is 1. The van der Waals surface area contributed by atoms with E-state index in [9.17, 15) is 4.79 Å². The van der Waals surface area contributed by atoms with E-state index in [0.29, 0.717) is 6.54 Å². The number of fused-ring (bicyclic) bond motifs is 1. The van der Waals surface area contributed by atoms with Crippen LogP contribution in [0.2, 0.25) is 0 Å². The number of benzene rings is 2. The minimum Gasteiger partial charge on any atom is -0.338 e. The zero-order valence-electron chi connectivity index (χ0n) is 17.0. The van der Waals surface area contributed by atoms with Gasteiger partial charge in [-0.1, -0.05) is 23.5 Å². The maximum atomic E-state index is 13.3. The molecule has 3 aromatic rings. The second-order valence-electron chi connectivity index (χ2n) is 7.64. The summed E-state index contributed by atoms with van der Waals surface area (Å²) in [5.74, 6) is 0.0211. The number of rotatable bonds is 5. The Bertz CT molecular complexity index is 991. The van der Waals surface area contributed by atoms with Crippen LogP contribution in [0.15, 0.2) is 30.3 Å². The SMILES string of the molecule is Cc1cc(C)c2nc(N(CC[NH+](C)C)C(=O)c3ccc(C)c(C)c3)sc2c1. The first-order chi connectivity index (χ1) is 12.8. The second-order valence-corrected chi connectivity index (χ2v) is 8.65. The Balaban J connectivity index is 2.03. The third kappa shape index (κ3) is 4.20. The topological polar surface area (TPSA) is 37.6 Å². The van der Waals surface area contributed by atoms with E-state index in [2.05, 4.69) is 47.0 Å². The molecule has 0 saturated carbocycles. The van der Waals surface area contributed by atoms with Crippen LogP contribution < -0.4 is 9.80 Å². The van der Waals surface area contributed by atoms with Crippen molar-refractivity contribution in [2.45, 2.75) is 27.7 Å². The molecule has 0 bridgehead atoms. The Labute approximate surface area is 165 Å². The lowest BCUT2D eigenvalue weighted by Gasteiger charge is -2.21. The molecule has 0 atom stereocenters. The first-order valence-corrected chi connectivity index (χ1v) is 10.1. The van der Waals surface area contributed by atoms with Gasteiger partial charge in [-0.05, 0) is 68.1 Å². The molecule has 5 heteroatoms. The molecule has 2 aromatic carbocycles. The molecule has 0 saturated heterocycles. The average Bonchev–Trinajstić information content (AvgIpc) is 3.01. The van der Waals surface area contributed by atoms with Crippen molar-refractivity contribution in [1.82, 2.24) is 4.98 Å². The molecule has 1 N–H and O–H groups in total. The quantitative estimate of drug-likeness (QED) is 0.735. The summed E-state index contributed by atoms with van der Waals surface area (Å²) in [6.45, 7) is 9.80. The van der Waals surface area contributed by atoms with E-state index in [1.54, 1.807) is 11.3 Å². The molecule has 0 aliphatic carbocycles. The molecule has 1 heterocycles. The third-order valence-corrected chi connectivity index (χ3v) is 5.91. The Kier molecular flexibility index (Phi) is 5.63. The van der Waals surface area contributed by atoms with Crippen LogP contribution in [0.5, 0.6) is 0 Å². The smallest absolute Gasteiger partial charge is 0.260 e. The molecule has 0 unspecified atom stereocenters. The standard InChI is InChI=1S/C22H27N3OS/c1-14-11-17(4)20-19(12-14)27-22(23-20)25(10-9-24(5)6)21(26)18-8-7-15(2)16(3)13-18/h7-8,11-13H,9-10H2,1-6H3/p+1. The lowest BCUT2D eigenvalue weighted by atomic mass is 10.1. The minimum atomic E-state index is 0.0211. The molecule has 0 fully saturated rings. The summed E-state index contributed by atoms with van der Waals surface area (Å²) in [4.78, 5) is 21.3. The Morgan fingerprint density at radius 3 is 2.44 bits per heavy atom. The summed E-state index contributed by atoms with van der Waals surface area (Å²) in [5.41, 5.74) is 6.43. The largest absolute Gasteiger partial charge is 0.338 e. The lowest BCUT2D eigenvalue weighted by Crippen LogP contribution is -3.06. The zero-order chi connectivity index (χ0) is 19.7. The predicted molar refractivity (Wildman–Crippen MR) is 114 cm³/mol. The van der Waals surface area contributed by atoms with Gasteiger partial charge in [0.2, 0.25) is 0 Å². The maximum absolute atomic E-state index is 13.3. The summed E-state index contributed by atoms with van der Waals surface area (Å²) in [6, 6.07) is 10.2. The monoisotopic (exact) mass is 382 g/mol. The number of anilines is 1. The van der Waals surface area contributed by atoms with Gasteiger partial charge in [0.25, 0.3) is 5.91 Å². The number of carbonyl (C=O) groups excluding carboxylic acids is 1. The molecule has 1 amide bonds. The number of thiazole rings is 1. The van der Waals surface area contributed by atoms with Gasteiger partial charge in [-0.3, -0.25) is 9.69 Å². The summed E-state index contributed by atoms with van der Waals surface area (Å²) in [7, 11) is 4.20. The van der Waals surface area contributed by atoms with Crippen LogP contribution in [-0.4, -0.2) is 38.1 Å². The van der Waals surface area contributed by atoms with Crippen molar-refractivity contribution in [2.24, 2.45) is 0 Å². The summed E-state index contributed by atoms with van der Waals surface area (Å²) < 4.78 is 1.14. The van der Waals surface area contributed by atoms with Gasteiger partial charge in [-0.25, -0.2) is 4.98 Å². The van der Waals surface area contributed by atoms with Crippen molar-refractivity contribution >= 4 is 32.6 Å². The van der Waals surface area contributed by atoms with Crippen LogP contribution in [0.25, 0.3) is 10.2 Å². The van der Waals surface area contributed by atoms with Crippen molar-refractivity contribution < 1.29 is 9.69 Å². The van der Waals surface area contributed by atoms with E-state index in [1.165, 1.54) is 16.0 Å². The van der Waals surface area contributed by atoms with Crippen LogP contribution in [0, 0.1) is 27.7 Å². The highest BCUT2D eigenvalue weighted by Gasteiger charge is 2.23. The van der Waals surface area contributed by atoms with Gasteiger partial charge in [0, 0.05) is 5.56 Å². The van der Waals surface area contributed by atoms with E-state index in [4.69, 9.17) is 4.98 Å². The third-order valence-electron chi connectivity index (χ3n) is 4.88. The number of nitrogens with one attached hydrogen (secondary N) is 1. The fourth-order valence-electron chi connectivity index (χ4n) is 3.12. The number of aryl methyl sites for hydroxylation is 4. The highest BCUT2D eigenvalue weighted by molar-refractivity contribution is 7.22. The van der Waals surface area contributed by atoms with Crippen LogP contribution >= 0.6 is 11.3 Å². The van der Waals surface area contributed by atoms with Crippen LogP contribution in [0.1, 0.15) is 32.6 Å². The van der Waals surface area contributed by atoms with E-state index in [-0.39, 0.29) is 5.91 Å². The number of amides is 1. The molecular weight excluding hydrogens is 354 g/mol. The van der Waals surface area contributed by atoms with Crippen molar-refractivity contribution in [3.8, 4) is 0 Å². The number of hydrogen-bond acceptors (Lipinski definition) is 3. The minimum absolute atomic E-state index is 0.0211. The van der Waals surface area contributed by atoms with Gasteiger partial charge >= 0.3 is 0 Å². The second kappa shape index (κ2) is 7.79. The maximum Gasteiger partial charge on any atom is 0.260 e. The highest BCUT2D eigenvalue weighted by Crippen LogP contribution is 2.32. The van der Waals surface area contributed by atoms with Gasteiger partial charge in [0.15, 0.2) is 5.13 Å². The number of aromatic nitrogens is 1. The lowest BCUT2D eigenvalue weighted by molar-refractivity contribution is -0.856. The molecule has 0 aliphatic rings. The molecule has 0 spiro atoms. The number of quaternary nitrogens is 1. The summed E-state index contributed by atoms with van der Waals surface area (Å²) >= 11 is 1.60. The Hall–Kier alpha value is -2.24. The summed E-state index contributed by atoms with van der Waals surface area (Å²) in [6.07, 6.45) is 0. The van der Waals surface area contributed by atoms with Gasteiger partial charge in [0.05, 0.1) is 37.4 Å². The van der Waals surface area contributed by atoms with Crippen molar-refractivity contribution in [1.29, 1.82) is 0 Å². The fourth-order valence-corrected chi connectivity index (χ4v) is 4.29. The zero-order valence-corrected chi connectivity index (χ0v) is 17.8. The van der Waals surface area contributed by atoms with E-state index in [1.807, 2.05) is 30.0 Å². The normalized spacial score (nSPS) is 11.4.